The molecule has 2 aliphatic rings. The largest absolute Gasteiger partial charge is 0.353 e. The summed E-state index contributed by atoms with van der Waals surface area (Å²) < 4.78 is 8.43. The first-order valence-corrected chi connectivity index (χ1v) is 15.2. The number of amides is 1. The minimum Gasteiger partial charge on any atom is -0.353 e. The Balaban J connectivity index is 1.10. The van der Waals surface area contributed by atoms with Gasteiger partial charge in [0.1, 0.15) is 11.9 Å². The number of halogens is 1. The van der Waals surface area contributed by atoms with Crippen molar-refractivity contribution >= 4 is 46.6 Å². The molecule has 1 saturated heterocycles. The number of rotatable bonds is 9. The van der Waals surface area contributed by atoms with E-state index in [0.717, 1.165) is 66.0 Å². The smallest absolute Gasteiger partial charge is 0.241 e. The normalized spacial score (nSPS) is 19.4. The number of carbonyl (C=O) groups excluding carboxylic acids is 1. The topological polar surface area (TPSA) is 105 Å². The highest BCUT2D eigenvalue weighted by Gasteiger charge is 2.25. The van der Waals surface area contributed by atoms with Gasteiger partial charge in [0.15, 0.2) is 11.5 Å². The number of likely N-dealkylation sites (tertiary alicyclic amines) is 1. The van der Waals surface area contributed by atoms with Crippen molar-refractivity contribution in [1.29, 1.82) is 0 Å². The molecule has 0 spiro atoms. The molecule has 0 aliphatic carbocycles. The molecule has 214 valence electrons. The molecule has 2 aliphatic heterocycles. The second-order valence-corrected chi connectivity index (χ2v) is 12.4. The molecule has 2 N–H and O–H groups in total. The lowest BCUT2D eigenvalue weighted by Crippen LogP contribution is -2.38. The van der Waals surface area contributed by atoms with E-state index < -0.39 is 0 Å². The SMILES string of the molecule is Cc1cn2c(-c3cnn(CC(=O)NCc4cccc(Cl)c4)c3)cnc2c(NC2CC(CN3CCCC(C)C3)=NS2)n1. The van der Waals surface area contributed by atoms with Crippen LogP contribution in [0.5, 0.6) is 0 Å². The van der Waals surface area contributed by atoms with Crippen LogP contribution in [0.15, 0.2) is 53.5 Å². The van der Waals surface area contributed by atoms with Crippen molar-refractivity contribution in [2.45, 2.75) is 51.6 Å². The number of nitrogens with zero attached hydrogens (tertiary/aromatic N) is 7. The fourth-order valence-electron chi connectivity index (χ4n) is 5.49. The number of benzene rings is 1. The molecular formula is C29H34ClN9OS. The van der Waals surface area contributed by atoms with Gasteiger partial charge in [0.05, 0.1) is 23.8 Å². The molecule has 10 nitrogen and oxygen atoms in total. The molecule has 12 heteroatoms. The van der Waals surface area contributed by atoms with Gasteiger partial charge in [-0.1, -0.05) is 30.7 Å². The number of aryl methyl sites for hydroxylation is 1. The Bertz CT molecular complexity index is 1580. The lowest BCUT2D eigenvalue weighted by atomic mass is 10.00. The number of hydrogen-bond donors (Lipinski definition) is 2. The molecule has 5 heterocycles. The van der Waals surface area contributed by atoms with Crippen LogP contribution in [0.1, 0.15) is 37.4 Å². The second kappa shape index (κ2) is 12.2. The number of hydrogen-bond acceptors (Lipinski definition) is 8. The molecule has 3 aromatic heterocycles. The first kappa shape index (κ1) is 27.7. The average Bonchev–Trinajstić information content (AvgIpc) is 3.68. The van der Waals surface area contributed by atoms with Crippen LogP contribution in [0.2, 0.25) is 5.02 Å². The van der Waals surface area contributed by atoms with Crippen molar-refractivity contribution in [3.63, 3.8) is 0 Å². The van der Waals surface area contributed by atoms with Crippen LogP contribution in [0, 0.1) is 12.8 Å². The highest BCUT2D eigenvalue weighted by molar-refractivity contribution is 7.99. The van der Waals surface area contributed by atoms with Crippen molar-refractivity contribution < 1.29 is 4.79 Å². The van der Waals surface area contributed by atoms with Crippen LogP contribution in [0.3, 0.4) is 0 Å². The molecule has 6 rings (SSSR count). The lowest BCUT2D eigenvalue weighted by Gasteiger charge is -2.30. The predicted molar refractivity (Wildman–Crippen MR) is 164 cm³/mol. The van der Waals surface area contributed by atoms with Crippen LogP contribution in [-0.4, -0.2) is 65.7 Å². The Hall–Kier alpha value is -3.41. The maximum atomic E-state index is 12.5. The van der Waals surface area contributed by atoms with Crippen molar-refractivity contribution in [2.24, 2.45) is 10.3 Å². The molecular weight excluding hydrogens is 558 g/mol. The molecule has 1 aromatic carbocycles. The monoisotopic (exact) mass is 591 g/mol. The van der Waals surface area contributed by atoms with Gasteiger partial charge < -0.3 is 10.6 Å². The van der Waals surface area contributed by atoms with Gasteiger partial charge in [-0.25, -0.2) is 14.4 Å². The maximum Gasteiger partial charge on any atom is 0.241 e. The molecule has 1 amide bonds. The first-order valence-electron chi connectivity index (χ1n) is 14.0. The Labute approximate surface area is 248 Å². The van der Waals surface area contributed by atoms with E-state index in [1.165, 1.54) is 18.6 Å². The van der Waals surface area contributed by atoms with Gasteiger partial charge in [-0.3, -0.25) is 18.8 Å². The van der Waals surface area contributed by atoms with Gasteiger partial charge in [-0.05, 0) is 61.9 Å². The van der Waals surface area contributed by atoms with Gasteiger partial charge >= 0.3 is 0 Å². The van der Waals surface area contributed by atoms with E-state index in [1.807, 2.05) is 54.2 Å². The number of aromatic nitrogens is 5. The van der Waals surface area contributed by atoms with Crippen molar-refractivity contribution in [2.75, 3.05) is 25.0 Å². The van der Waals surface area contributed by atoms with Crippen LogP contribution in [-0.2, 0) is 17.9 Å². The number of carbonyl (C=O) groups is 1. The third kappa shape index (κ3) is 6.74. The van der Waals surface area contributed by atoms with Crippen molar-refractivity contribution in [3.05, 3.63) is 65.3 Å². The van der Waals surface area contributed by atoms with Gasteiger partial charge in [-0.2, -0.15) is 5.10 Å². The third-order valence-electron chi connectivity index (χ3n) is 7.40. The van der Waals surface area contributed by atoms with Gasteiger partial charge in [0, 0.05) is 54.7 Å². The number of imidazole rings is 1. The Morgan fingerprint density at radius 1 is 1.24 bits per heavy atom. The summed E-state index contributed by atoms with van der Waals surface area (Å²) in [6.07, 6.45) is 10.9. The number of nitrogens with one attached hydrogen (secondary N) is 2. The summed E-state index contributed by atoms with van der Waals surface area (Å²) in [5.41, 5.74) is 5.55. The molecule has 4 aromatic rings. The van der Waals surface area contributed by atoms with Gasteiger partial charge in [0.2, 0.25) is 5.91 Å². The highest BCUT2D eigenvalue weighted by Crippen LogP contribution is 2.30. The molecule has 0 bridgehead atoms. The Morgan fingerprint density at radius 2 is 2.15 bits per heavy atom. The van der Waals surface area contributed by atoms with E-state index >= 15 is 0 Å². The van der Waals surface area contributed by atoms with E-state index in [9.17, 15) is 4.79 Å². The molecule has 1 fully saturated rings. The minimum absolute atomic E-state index is 0.113. The van der Waals surface area contributed by atoms with E-state index in [-0.39, 0.29) is 17.8 Å². The fraction of sp³-hybridized carbons (Fsp3) is 0.414. The summed E-state index contributed by atoms with van der Waals surface area (Å²) in [6, 6.07) is 7.44. The zero-order valence-corrected chi connectivity index (χ0v) is 24.8. The van der Waals surface area contributed by atoms with Crippen molar-refractivity contribution in [1.82, 2.24) is 34.4 Å². The molecule has 2 unspecified atom stereocenters. The molecule has 0 radical (unpaired) electrons. The van der Waals surface area contributed by atoms with Crippen molar-refractivity contribution in [3.8, 4) is 11.3 Å². The summed E-state index contributed by atoms with van der Waals surface area (Å²) in [4.78, 5) is 24.5. The predicted octanol–water partition coefficient (Wildman–Crippen LogP) is 4.83. The third-order valence-corrected chi connectivity index (χ3v) is 8.54. The summed E-state index contributed by atoms with van der Waals surface area (Å²) in [7, 11) is 0. The Morgan fingerprint density at radius 3 is 3.00 bits per heavy atom. The Kier molecular flexibility index (Phi) is 8.27. The molecule has 2 atom stereocenters. The molecule has 41 heavy (non-hydrogen) atoms. The van der Waals surface area contributed by atoms with Gasteiger partial charge in [-0.15, -0.1) is 0 Å². The number of anilines is 1. The first-order chi connectivity index (χ1) is 19.9. The summed E-state index contributed by atoms with van der Waals surface area (Å²) >= 11 is 7.62. The fourth-order valence-corrected chi connectivity index (χ4v) is 6.54. The van der Waals surface area contributed by atoms with Crippen LogP contribution in [0.25, 0.3) is 16.9 Å². The number of fused-ring (bicyclic) bond motifs is 1. The van der Waals surface area contributed by atoms with Gasteiger partial charge in [0.25, 0.3) is 0 Å². The van der Waals surface area contributed by atoms with E-state index in [2.05, 4.69) is 27.6 Å². The lowest BCUT2D eigenvalue weighted by molar-refractivity contribution is -0.122. The maximum absolute atomic E-state index is 12.5. The quantitative estimate of drug-likeness (QED) is 0.269. The van der Waals surface area contributed by atoms with E-state index in [0.29, 0.717) is 11.6 Å². The molecule has 0 saturated carbocycles. The van der Waals surface area contributed by atoms with Crippen LogP contribution >= 0.6 is 23.5 Å². The van der Waals surface area contributed by atoms with E-state index in [4.69, 9.17) is 26.0 Å². The number of piperidine rings is 1. The van der Waals surface area contributed by atoms with Crippen LogP contribution in [0.4, 0.5) is 5.82 Å². The summed E-state index contributed by atoms with van der Waals surface area (Å²) in [5.74, 6) is 1.37. The van der Waals surface area contributed by atoms with E-state index in [1.54, 1.807) is 22.8 Å². The summed E-state index contributed by atoms with van der Waals surface area (Å²) in [6.45, 7) is 8.09. The summed E-state index contributed by atoms with van der Waals surface area (Å²) in [5, 5.41) is 11.7. The zero-order chi connectivity index (χ0) is 28.3. The van der Waals surface area contributed by atoms with Crippen LogP contribution < -0.4 is 10.6 Å². The average molecular weight is 592 g/mol. The second-order valence-electron chi connectivity index (χ2n) is 11.0. The minimum atomic E-state index is -0.130. The highest BCUT2D eigenvalue weighted by atomic mass is 35.5. The standard InChI is InChI=1S/C29H34ClN9OS/c1-19-5-4-8-37(14-19)17-24-10-27(41-36-24)35-28-29-32-13-25(39(29)15-20(2)34-28)22-12-33-38(16-22)18-26(40)31-11-21-6-3-7-23(30)9-21/h3,6-7,9,12-13,15-16,19,27H,4-5,8,10-11,14,17-18H2,1-2H3,(H,31,40)(H,34,35). The zero-order valence-electron chi connectivity index (χ0n) is 23.3.